The highest BCUT2D eigenvalue weighted by atomic mass is 127. The fourth-order valence-electron chi connectivity index (χ4n) is 3.34. The summed E-state index contributed by atoms with van der Waals surface area (Å²) < 4.78 is 14.3. The van der Waals surface area contributed by atoms with Crippen LogP contribution in [0.1, 0.15) is 24.0 Å². The molecule has 4 rings (SSSR count). The molecule has 0 aromatic heterocycles. The van der Waals surface area contributed by atoms with Gasteiger partial charge in [0.15, 0.2) is 0 Å². The van der Waals surface area contributed by atoms with E-state index < -0.39 is 0 Å². The normalized spacial score (nSPS) is 20.2. The molecule has 31 heavy (non-hydrogen) atoms. The van der Waals surface area contributed by atoms with Gasteiger partial charge in [0.05, 0.1) is 24.7 Å². The number of ether oxygens (including phenoxy) is 2. The van der Waals surface area contributed by atoms with Gasteiger partial charge in [-0.3, -0.25) is 9.69 Å². The number of halogens is 3. The number of carbonyl (C=O) groups is 1. The smallest absolute Gasteiger partial charge is 0.266 e. The predicted molar refractivity (Wildman–Crippen MR) is 147 cm³/mol. The first-order valence-electron chi connectivity index (χ1n) is 9.64. The Labute approximate surface area is 223 Å². The minimum absolute atomic E-state index is 0.0430. The van der Waals surface area contributed by atoms with Crippen LogP contribution in [0.25, 0.3) is 6.08 Å². The van der Waals surface area contributed by atoms with Crippen molar-refractivity contribution in [2.75, 3.05) is 13.2 Å². The highest BCUT2D eigenvalue weighted by Gasteiger charge is 2.34. The van der Waals surface area contributed by atoms with E-state index in [0.29, 0.717) is 27.4 Å². The third kappa shape index (κ3) is 5.94. The van der Waals surface area contributed by atoms with Crippen molar-refractivity contribution in [3.05, 3.63) is 64.6 Å². The quantitative estimate of drug-likeness (QED) is 0.196. The molecule has 9 heteroatoms. The van der Waals surface area contributed by atoms with Gasteiger partial charge in [-0.2, -0.15) is 0 Å². The van der Waals surface area contributed by atoms with Crippen LogP contribution in [0.3, 0.4) is 0 Å². The number of rotatable bonds is 6. The second kappa shape index (κ2) is 10.7. The summed E-state index contributed by atoms with van der Waals surface area (Å²) in [5.74, 6) is 0.790. The topological polar surface area (TPSA) is 38.8 Å². The maximum Gasteiger partial charge on any atom is 0.266 e. The van der Waals surface area contributed by atoms with E-state index in [4.69, 9.17) is 33.3 Å². The molecular formula is C22H18ClI2NO3S2. The SMILES string of the molecule is O=C1/C(=C/c2cc(I)c(OCc3ccc(Cl)cc3)c(I)c2)SC(=S)N1C[C@@H]1CCCO1. The number of hydrogen-bond donors (Lipinski definition) is 0. The number of amides is 1. The number of carbonyl (C=O) groups excluding carboxylic acids is 1. The molecule has 0 radical (unpaired) electrons. The van der Waals surface area contributed by atoms with Gasteiger partial charge in [-0.15, -0.1) is 0 Å². The van der Waals surface area contributed by atoms with Crippen LogP contribution in [0.15, 0.2) is 41.3 Å². The minimum atomic E-state index is -0.0430. The van der Waals surface area contributed by atoms with Gasteiger partial charge in [0.2, 0.25) is 0 Å². The molecule has 2 aromatic rings. The van der Waals surface area contributed by atoms with Crippen molar-refractivity contribution in [1.29, 1.82) is 0 Å². The molecule has 1 amide bonds. The molecule has 0 unspecified atom stereocenters. The lowest BCUT2D eigenvalue weighted by Crippen LogP contribution is -2.35. The Hall–Kier alpha value is -0.400. The van der Waals surface area contributed by atoms with Crippen molar-refractivity contribution in [1.82, 2.24) is 4.90 Å². The van der Waals surface area contributed by atoms with E-state index in [1.165, 1.54) is 11.8 Å². The van der Waals surface area contributed by atoms with Crippen molar-refractivity contribution in [2.24, 2.45) is 0 Å². The third-order valence-corrected chi connectivity index (χ3v) is 8.13. The molecule has 0 N–H and O–H groups in total. The first-order chi connectivity index (χ1) is 14.9. The van der Waals surface area contributed by atoms with E-state index in [-0.39, 0.29) is 12.0 Å². The van der Waals surface area contributed by atoms with Gasteiger partial charge in [0.25, 0.3) is 5.91 Å². The van der Waals surface area contributed by atoms with Crippen molar-refractivity contribution < 1.29 is 14.3 Å². The molecular weight excluding hydrogens is 680 g/mol. The largest absolute Gasteiger partial charge is 0.487 e. The third-order valence-electron chi connectivity index (χ3n) is 4.90. The number of benzene rings is 2. The number of thioether (sulfide) groups is 1. The fraction of sp³-hybridized carbons (Fsp3) is 0.273. The predicted octanol–water partition coefficient (Wildman–Crippen LogP) is 6.51. The molecule has 4 nitrogen and oxygen atoms in total. The maximum atomic E-state index is 12.9. The van der Waals surface area contributed by atoms with Gasteiger partial charge in [0.1, 0.15) is 16.7 Å². The molecule has 0 saturated carbocycles. The van der Waals surface area contributed by atoms with Gasteiger partial charge in [0, 0.05) is 11.6 Å². The van der Waals surface area contributed by atoms with Crippen molar-refractivity contribution in [3.63, 3.8) is 0 Å². The maximum absolute atomic E-state index is 12.9. The van der Waals surface area contributed by atoms with E-state index in [2.05, 4.69) is 45.2 Å². The average molecular weight is 698 g/mol. The summed E-state index contributed by atoms with van der Waals surface area (Å²) in [6.45, 7) is 1.76. The Balaban J connectivity index is 1.47. The molecule has 2 aliphatic rings. The van der Waals surface area contributed by atoms with Crippen LogP contribution in [-0.2, 0) is 16.1 Å². The Morgan fingerprint density at radius 1 is 1.26 bits per heavy atom. The lowest BCUT2D eigenvalue weighted by atomic mass is 10.2. The number of thiocarbonyl (C=S) groups is 1. The van der Waals surface area contributed by atoms with Crippen molar-refractivity contribution >= 4 is 97.1 Å². The zero-order valence-electron chi connectivity index (χ0n) is 16.3. The average Bonchev–Trinajstić information content (AvgIpc) is 3.33. The Morgan fingerprint density at radius 2 is 1.97 bits per heavy atom. The van der Waals surface area contributed by atoms with Crippen LogP contribution in [0.4, 0.5) is 0 Å². The van der Waals surface area contributed by atoms with E-state index in [1.54, 1.807) is 4.90 Å². The molecule has 1 atom stereocenters. The van der Waals surface area contributed by atoms with Crippen LogP contribution in [0.2, 0.25) is 5.02 Å². The molecule has 0 bridgehead atoms. The Kier molecular flexibility index (Phi) is 8.19. The molecule has 2 saturated heterocycles. The molecule has 2 aliphatic heterocycles. The van der Waals surface area contributed by atoms with Crippen LogP contribution < -0.4 is 4.74 Å². The van der Waals surface area contributed by atoms with Crippen LogP contribution in [-0.4, -0.2) is 34.4 Å². The van der Waals surface area contributed by atoms with Gasteiger partial charge in [-0.25, -0.2) is 0 Å². The zero-order valence-corrected chi connectivity index (χ0v) is 23.0. The molecule has 0 aliphatic carbocycles. The summed E-state index contributed by atoms with van der Waals surface area (Å²) in [6, 6.07) is 11.7. The summed E-state index contributed by atoms with van der Waals surface area (Å²) in [4.78, 5) is 15.2. The molecule has 0 spiro atoms. The Bertz CT molecular complexity index is 1020. The first kappa shape index (κ1) is 23.7. The van der Waals surface area contributed by atoms with Crippen LogP contribution in [0.5, 0.6) is 5.75 Å². The standard InChI is InChI=1S/C22H18ClI2NO3S2/c23-15-5-3-13(4-6-15)12-29-20-17(24)8-14(9-18(20)25)10-19-21(27)26(22(30)31-19)11-16-2-1-7-28-16/h3-6,8-10,16H,1-2,7,11-12H2/b19-10-/t16-/m0/s1. The second-order valence-corrected chi connectivity index (χ2v) is 11.6. The van der Waals surface area contributed by atoms with Crippen molar-refractivity contribution in [2.45, 2.75) is 25.6 Å². The molecule has 2 heterocycles. The Morgan fingerprint density at radius 3 is 2.61 bits per heavy atom. The lowest BCUT2D eigenvalue weighted by molar-refractivity contribution is -0.123. The zero-order chi connectivity index (χ0) is 22.0. The summed E-state index contributed by atoms with van der Waals surface area (Å²) in [5, 5.41) is 0.707. The van der Waals surface area contributed by atoms with E-state index in [9.17, 15) is 4.79 Å². The molecule has 2 aromatic carbocycles. The van der Waals surface area contributed by atoms with Crippen LogP contribution in [0, 0.1) is 7.14 Å². The van der Waals surface area contributed by atoms with E-state index in [0.717, 1.165) is 43.5 Å². The van der Waals surface area contributed by atoms with E-state index >= 15 is 0 Å². The number of nitrogens with zero attached hydrogens (tertiary/aromatic N) is 1. The van der Waals surface area contributed by atoms with Crippen molar-refractivity contribution in [3.8, 4) is 5.75 Å². The molecule has 2 fully saturated rings. The van der Waals surface area contributed by atoms with E-state index in [1.807, 2.05) is 42.5 Å². The first-order valence-corrected chi connectivity index (χ1v) is 13.4. The van der Waals surface area contributed by atoms with Crippen LogP contribution >= 0.6 is 80.8 Å². The summed E-state index contributed by atoms with van der Waals surface area (Å²) in [5.41, 5.74) is 2.00. The number of hydrogen-bond acceptors (Lipinski definition) is 5. The van der Waals surface area contributed by atoms with Gasteiger partial charge in [-0.05, 0) is 99.5 Å². The summed E-state index contributed by atoms with van der Waals surface area (Å²) >= 11 is 17.3. The summed E-state index contributed by atoms with van der Waals surface area (Å²) in [6.07, 6.45) is 4.01. The van der Waals surface area contributed by atoms with Gasteiger partial charge in [-0.1, -0.05) is 47.7 Å². The lowest BCUT2D eigenvalue weighted by Gasteiger charge is -2.18. The molecule has 162 valence electrons. The summed E-state index contributed by atoms with van der Waals surface area (Å²) in [7, 11) is 0. The second-order valence-electron chi connectivity index (χ2n) is 7.16. The highest BCUT2D eigenvalue weighted by Crippen LogP contribution is 2.36. The fourth-order valence-corrected chi connectivity index (χ4v) is 6.87. The highest BCUT2D eigenvalue weighted by molar-refractivity contribution is 14.1. The monoisotopic (exact) mass is 697 g/mol. The van der Waals surface area contributed by atoms with Gasteiger partial charge >= 0.3 is 0 Å². The minimum Gasteiger partial charge on any atom is -0.487 e. The van der Waals surface area contributed by atoms with Gasteiger partial charge < -0.3 is 9.47 Å².